The highest BCUT2D eigenvalue weighted by atomic mass is 16.6. The van der Waals surface area contributed by atoms with E-state index in [4.69, 9.17) is 14.2 Å². The number of amides is 1. The zero-order valence-corrected chi connectivity index (χ0v) is 17.2. The minimum atomic E-state index is -0.650. The lowest BCUT2D eigenvalue weighted by molar-refractivity contribution is -0.389. The van der Waals surface area contributed by atoms with Crippen molar-refractivity contribution in [1.29, 1.82) is 0 Å². The number of imidazole rings is 1. The molecule has 0 saturated carbocycles. The first-order valence-electron chi connectivity index (χ1n) is 9.05. The van der Waals surface area contributed by atoms with Crippen molar-refractivity contribution in [2.75, 3.05) is 21.3 Å². The van der Waals surface area contributed by atoms with Crippen molar-refractivity contribution in [1.82, 2.24) is 14.9 Å². The monoisotopic (exact) mass is 420 g/mol. The van der Waals surface area contributed by atoms with E-state index in [-0.39, 0.29) is 31.1 Å². The van der Waals surface area contributed by atoms with E-state index in [1.807, 2.05) is 0 Å². The summed E-state index contributed by atoms with van der Waals surface area (Å²) in [5.41, 5.74) is 0.640. The number of aryl methyl sites for hydroxylation is 2. The van der Waals surface area contributed by atoms with Crippen molar-refractivity contribution in [2.45, 2.75) is 32.4 Å². The van der Waals surface area contributed by atoms with Gasteiger partial charge in [-0.1, -0.05) is 6.07 Å². The molecule has 0 aliphatic rings. The number of benzene rings is 1. The standard InChI is InChI=1S/C19H24N4O7/c1-12-20-17(23(26)27)11-22(12)8-7-18(24)21-14(10-19(25)30-4)13-5-6-15(28-2)16(9-13)29-3/h5-6,9,11,14H,7-8,10H2,1-4H3,(H,21,24). The fourth-order valence-electron chi connectivity index (χ4n) is 2.87. The van der Waals surface area contributed by atoms with Gasteiger partial charge in [0, 0.05) is 19.9 Å². The average Bonchev–Trinajstić information content (AvgIpc) is 3.12. The SMILES string of the molecule is COC(=O)CC(NC(=O)CCn1cc([N+](=O)[O-])nc1C)c1ccc(OC)c(OC)c1. The molecule has 0 aliphatic carbocycles. The highest BCUT2D eigenvalue weighted by Crippen LogP contribution is 2.31. The van der Waals surface area contributed by atoms with Gasteiger partial charge in [-0.05, 0) is 27.6 Å². The van der Waals surface area contributed by atoms with Crippen LogP contribution in [0.5, 0.6) is 11.5 Å². The number of carbonyl (C=O) groups excluding carboxylic acids is 2. The summed E-state index contributed by atoms with van der Waals surface area (Å²) < 4.78 is 16.8. The molecule has 0 radical (unpaired) electrons. The number of hydrogen-bond donors (Lipinski definition) is 1. The van der Waals surface area contributed by atoms with Crippen molar-refractivity contribution in [2.24, 2.45) is 0 Å². The second-order valence-corrected chi connectivity index (χ2v) is 6.36. The molecule has 1 amide bonds. The lowest BCUT2D eigenvalue weighted by Crippen LogP contribution is -2.31. The molecule has 0 saturated heterocycles. The number of nitrogens with zero attached hydrogens (tertiary/aromatic N) is 3. The van der Waals surface area contributed by atoms with E-state index in [1.165, 1.54) is 32.1 Å². The molecular weight excluding hydrogens is 396 g/mol. The van der Waals surface area contributed by atoms with Gasteiger partial charge in [0.05, 0.1) is 33.8 Å². The van der Waals surface area contributed by atoms with Gasteiger partial charge in [-0.25, -0.2) is 0 Å². The van der Waals surface area contributed by atoms with Gasteiger partial charge in [-0.3, -0.25) is 9.59 Å². The van der Waals surface area contributed by atoms with Crippen molar-refractivity contribution in [3.05, 3.63) is 45.9 Å². The Morgan fingerprint density at radius 1 is 1.23 bits per heavy atom. The molecule has 30 heavy (non-hydrogen) atoms. The van der Waals surface area contributed by atoms with Crippen LogP contribution >= 0.6 is 0 Å². The quantitative estimate of drug-likeness (QED) is 0.350. The topological polar surface area (TPSA) is 135 Å². The van der Waals surface area contributed by atoms with Crippen molar-refractivity contribution < 1.29 is 28.7 Å². The van der Waals surface area contributed by atoms with Gasteiger partial charge >= 0.3 is 11.8 Å². The van der Waals surface area contributed by atoms with Crippen molar-refractivity contribution in [3.8, 4) is 11.5 Å². The molecular formula is C19H24N4O7. The third-order valence-electron chi connectivity index (χ3n) is 4.47. The Kier molecular flexibility index (Phi) is 7.73. The Bertz CT molecular complexity index is 926. The lowest BCUT2D eigenvalue weighted by Gasteiger charge is -2.20. The third-order valence-corrected chi connectivity index (χ3v) is 4.47. The van der Waals surface area contributed by atoms with Gasteiger partial charge in [-0.2, -0.15) is 0 Å². The summed E-state index contributed by atoms with van der Waals surface area (Å²) in [7, 11) is 4.26. The van der Waals surface area contributed by atoms with Gasteiger partial charge < -0.3 is 34.2 Å². The fraction of sp³-hybridized carbons (Fsp3) is 0.421. The number of carbonyl (C=O) groups is 2. The van der Waals surface area contributed by atoms with Gasteiger partial charge in [0.1, 0.15) is 6.20 Å². The molecule has 0 bridgehead atoms. The molecule has 1 aromatic carbocycles. The molecule has 0 fully saturated rings. The molecule has 1 heterocycles. The maximum atomic E-state index is 12.5. The van der Waals surface area contributed by atoms with Gasteiger partial charge in [0.15, 0.2) is 11.5 Å². The largest absolute Gasteiger partial charge is 0.493 e. The first-order chi connectivity index (χ1) is 14.3. The number of rotatable bonds is 10. The van der Waals surface area contributed by atoms with Crippen LogP contribution in [-0.2, 0) is 20.9 Å². The van der Waals surface area contributed by atoms with E-state index in [2.05, 4.69) is 10.3 Å². The fourth-order valence-corrected chi connectivity index (χ4v) is 2.87. The minimum Gasteiger partial charge on any atom is -0.493 e. The first kappa shape index (κ1) is 22.7. The Balaban J connectivity index is 2.13. The van der Waals surface area contributed by atoms with E-state index < -0.39 is 16.9 Å². The summed E-state index contributed by atoms with van der Waals surface area (Å²) in [6, 6.07) is 4.43. The number of aromatic nitrogens is 2. The zero-order valence-electron chi connectivity index (χ0n) is 17.2. The summed E-state index contributed by atoms with van der Waals surface area (Å²) in [4.78, 5) is 38.4. The zero-order chi connectivity index (χ0) is 22.3. The number of ether oxygens (including phenoxy) is 3. The summed E-state index contributed by atoms with van der Waals surface area (Å²) in [5.74, 6) is 0.301. The Morgan fingerprint density at radius 2 is 1.93 bits per heavy atom. The molecule has 0 spiro atoms. The average molecular weight is 420 g/mol. The summed E-state index contributed by atoms with van der Waals surface area (Å²) in [6.45, 7) is 1.82. The molecule has 0 aliphatic heterocycles. The van der Waals surface area contributed by atoms with Crippen LogP contribution < -0.4 is 14.8 Å². The van der Waals surface area contributed by atoms with Gasteiger partial charge in [-0.15, -0.1) is 0 Å². The van der Waals surface area contributed by atoms with E-state index in [0.717, 1.165) is 0 Å². The van der Waals surface area contributed by atoms with E-state index in [0.29, 0.717) is 22.9 Å². The predicted molar refractivity (Wildman–Crippen MR) is 105 cm³/mol. The maximum absolute atomic E-state index is 12.5. The number of esters is 1. The highest BCUT2D eigenvalue weighted by Gasteiger charge is 2.21. The van der Waals surface area contributed by atoms with Crippen LogP contribution in [-0.4, -0.2) is 47.7 Å². The molecule has 1 atom stereocenters. The number of nitrogens with one attached hydrogen (secondary N) is 1. The van der Waals surface area contributed by atoms with E-state index in [9.17, 15) is 19.7 Å². The summed E-state index contributed by atoms with van der Waals surface area (Å²) >= 11 is 0. The molecule has 11 heteroatoms. The van der Waals surface area contributed by atoms with Crippen molar-refractivity contribution in [3.63, 3.8) is 0 Å². The second kappa shape index (κ2) is 10.2. The Morgan fingerprint density at radius 3 is 2.50 bits per heavy atom. The second-order valence-electron chi connectivity index (χ2n) is 6.36. The summed E-state index contributed by atoms with van der Waals surface area (Å²) in [5, 5.41) is 13.6. The molecule has 11 nitrogen and oxygen atoms in total. The lowest BCUT2D eigenvalue weighted by atomic mass is 10.0. The molecule has 162 valence electrons. The van der Waals surface area contributed by atoms with Crippen LogP contribution in [0.3, 0.4) is 0 Å². The normalized spacial score (nSPS) is 11.5. The first-order valence-corrected chi connectivity index (χ1v) is 9.05. The highest BCUT2D eigenvalue weighted by molar-refractivity contribution is 5.78. The van der Waals surface area contributed by atoms with Crippen LogP contribution in [0.25, 0.3) is 0 Å². The predicted octanol–water partition coefficient (Wildman–Crippen LogP) is 1.93. The van der Waals surface area contributed by atoms with Gasteiger partial charge in [0.25, 0.3) is 0 Å². The Labute approximate surface area is 173 Å². The number of nitro groups is 1. The van der Waals surface area contributed by atoms with E-state index >= 15 is 0 Å². The van der Waals surface area contributed by atoms with Crippen molar-refractivity contribution >= 4 is 17.7 Å². The molecule has 1 N–H and O–H groups in total. The molecule has 1 aromatic heterocycles. The van der Waals surface area contributed by atoms with Crippen LogP contribution in [0.2, 0.25) is 0 Å². The van der Waals surface area contributed by atoms with Crippen LogP contribution in [0.4, 0.5) is 5.82 Å². The van der Waals surface area contributed by atoms with Crippen LogP contribution in [0.15, 0.2) is 24.4 Å². The van der Waals surface area contributed by atoms with Crippen LogP contribution in [0, 0.1) is 17.0 Å². The number of hydrogen-bond acceptors (Lipinski definition) is 8. The smallest absolute Gasteiger partial charge is 0.381 e. The van der Waals surface area contributed by atoms with Crippen LogP contribution in [0.1, 0.15) is 30.3 Å². The third kappa shape index (κ3) is 5.69. The minimum absolute atomic E-state index is 0.0410. The maximum Gasteiger partial charge on any atom is 0.381 e. The molecule has 1 unspecified atom stereocenters. The van der Waals surface area contributed by atoms with Gasteiger partial charge in [0.2, 0.25) is 11.7 Å². The molecule has 2 aromatic rings. The number of methoxy groups -OCH3 is 3. The Hall–Kier alpha value is -3.63. The molecule has 2 rings (SSSR count). The van der Waals surface area contributed by atoms with E-state index in [1.54, 1.807) is 25.1 Å². The summed E-state index contributed by atoms with van der Waals surface area (Å²) in [6.07, 6.45) is 1.25.